The van der Waals surface area contributed by atoms with Crippen molar-refractivity contribution in [3.8, 4) is 5.75 Å². The second-order valence-electron chi connectivity index (χ2n) is 2.06. The lowest BCUT2D eigenvalue weighted by Gasteiger charge is -1.95. The van der Waals surface area contributed by atoms with Crippen LogP contribution in [0.25, 0.3) is 0 Å². The molecule has 2 N–H and O–H groups in total. The van der Waals surface area contributed by atoms with E-state index in [1.165, 1.54) is 6.21 Å². The van der Waals surface area contributed by atoms with Crippen LogP contribution in [0.5, 0.6) is 5.75 Å². The highest BCUT2D eigenvalue weighted by Crippen LogP contribution is 2.12. The number of benzene rings is 1. The number of phenols is 1. The van der Waals surface area contributed by atoms with E-state index < -0.39 is 0 Å². The summed E-state index contributed by atoms with van der Waals surface area (Å²) in [6.07, 6.45) is 1.82. The van der Waals surface area contributed by atoms with Crippen LogP contribution in [0.4, 0.5) is 0 Å². The number of carbonyl (C=O) groups is 1. The van der Waals surface area contributed by atoms with Crippen molar-refractivity contribution in [1.29, 1.82) is 0 Å². The van der Waals surface area contributed by atoms with Crippen LogP contribution in [-0.4, -0.2) is 17.7 Å². The zero-order chi connectivity index (χ0) is 8.81. The van der Waals surface area contributed by atoms with Crippen molar-refractivity contribution >= 4 is 12.6 Å². The highest BCUT2D eigenvalue weighted by atomic mass is 16.3. The summed E-state index contributed by atoms with van der Waals surface area (Å²) < 4.78 is 0. The first-order valence-corrected chi connectivity index (χ1v) is 3.35. The summed E-state index contributed by atoms with van der Waals surface area (Å²) in [7, 11) is 0. The van der Waals surface area contributed by atoms with Gasteiger partial charge in [0.1, 0.15) is 5.75 Å². The van der Waals surface area contributed by atoms with E-state index in [-0.39, 0.29) is 5.75 Å². The molecule has 1 amide bonds. The third-order valence-electron chi connectivity index (χ3n) is 1.27. The van der Waals surface area contributed by atoms with Gasteiger partial charge in [0.05, 0.1) is 6.21 Å². The third-order valence-corrected chi connectivity index (χ3v) is 1.27. The summed E-state index contributed by atoms with van der Waals surface area (Å²) in [6, 6.07) is 6.70. The minimum Gasteiger partial charge on any atom is -0.507 e. The Balaban J connectivity index is 2.74. The van der Waals surface area contributed by atoms with E-state index in [9.17, 15) is 9.90 Å². The number of nitrogens with one attached hydrogen (secondary N) is 1. The molecule has 0 fully saturated rings. The second kappa shape index (κ2) is 4.12. The smallest absolute Gasteiger partial charge is 0.227 e. The molecule has 0 saturated carbocycles. The molecule has 0 spiro atoms. The lowest BCUT2D eigenvalue weighted by atomic mass is 10.2. The minimum absolute atomic E-state index is 0.133. The van der Waals surface area contributed by atoms with Crippen LogP contribution >= 0.6 is 0 Å². The largest absolute Gasteiger partial charge is 0.507 e. The van der Waals surface area contributed by atoms with E-state index in [1.807, 2.05) is 0 Å². The summed E-state index contributed by atoms with van der Waals surface area (Å²) in [5, 5.41) is 12.7. The maximum absolute atomic E-state index is 9.79. The number of carbonyl (C=O) groups excluding carboxylic acids is 1. The molecule has 0 aliphatic carbocycles. The first-order valence-electron chi connectivity index (χ1n) is 3.35. The summed E-state index contributed by atoms with van der Waals surface area (Å²) in [6.45, 7) is 0. The fourth-order valence-corrected chi connectivity index (χ4v) is 0.734. The van der Waals surface area contributed by atoms with Gasteiger partial charge in [-0.3, -0.25) is 4.79 Å². The van der Waals surface area contributed by atoms with Crippen LogP contribution in [0.15, 0.2) is 29.4 Å². The molecular weight excluding hydrogens is 156 g/mol. The van der Waals surface area contributed by atoms with Crippen molar-refractivity contribution in [2.75, 3.05) is 0 Å². The Morgan fingerprint density at radius 2 is 2.17 bits per heavy atom. The van der Waals surface area contributed by atoms with Crippen LogP contribution in [0, 0.1) is 0 Å². The third kappa shape index (κ3) is 2.09. The number of hydrogen-bond acceptors (Lipinski definition) is 3. The topological polar surface area (TPSA) is 61.7 Å². The molecule has 12 heavy (non-hydrogen) atoms. The summed E-state index contributed by atoms with van der Waals surface area (Å²) in [5.41, 5.74) is 2.66. The lowest BCUT2D eigenvalue weighted by molar-refractivity contribution is -0.109. The molecular formula is C8H8N2O2. The Morgan fingerprint density at radius 1 is 1.42 bits per heavy atom. The molecule has 0 bridgehead atoms. The van der Waals surface area contributed by atoms with E-state index in [1.54, 1.807) is 24.3 Å². The zero-order valence-corrected chi connectivity index (χ0v) is 6.27. The number of hydrazone groups is 1. The lowest BCUT2D eigenvalue weighted by Crippen LogP contribution is -2.00. The molecule has 0 saturated heterocycles. The van der Waals surface area contributed by atoms with Crippen molar-refractivity contribution in [3.05, 3.63) is 29.8 Å². The fraction of sp³-hybridized carbons (Fsp3) is 0. The van der Waals surface area contributed by atoms with E-state index >= 15 is 0 Å². The van der Waals surface area contributed by atoms with E-state index in [2.05, 4.69) is 10.5 Å². The molecule has 62 valence electrons. The van der Waals surface area contributed by atoms with E-state index in [0.717, 1.165) is 0 Å². The van der Waals surface area contributed by atoms with Gasteiger partial charge in [-0.15, -0.1) is 0 Å². The van der Waals surface area contributed by atoms with Crippen LogP contribution in [0.2, 0.25) is 0 Å². The number of para-hydroxylation sites is 1. The molecule has 1 aromatic carbocycles. The summed E-state index contributed by atoms with van der Waals surface area (Å²) in [5.74, 6) is 0.133. The van der Waals surface area contributed by atoms with Gasteiger partial charge in [0, 0.05) is 5.56 Å². The van der Waals surface area contributed by atoms with Gasteiger partial charge < -0.3 is 5.11 Å². The number of amides is 1. The molecule has 1 aromatic rings. The number of rotatable bonds is 3. The van der Waals surface area contributed by atoms with Gasteiger partial charge in [-0.25, -0.2) is 5.43 Å². The Hall–Kier alpha value is -1.84. The van der Waals surface area contributed by atoms with Gasteiger partial charge in [0.15, 0.2) is 0 Å². The molecule has 0 aromatic heterocycles. The van der Waals surface area contributed by atoms with Gasteiger partial charge in [-0.2, -0.15) is 5.10 Å². The fourth-order valence-electron chi connectivity index (χ4n) is 0.734. The van der Waals surface area contributed by atoms with Crippen molar-refractivity contribution in [2.45, 2.75) is 0 Å². The number of nitrogens with zero attached hydrogens (tertiary/aromatic N) is 1. The maximum Gasteiger partial charge on any atom is 0.227 e. The van der Waals surface area contributed by atoms with Gasteiger partial charge in [-0.1, -0.05) is 12.1 Å². The van der Waals surface area contributed by atoms with E-state index in [4.69, 9.17) is 0 Å². The minimum atomic E-state index is 0.133. The van der Waals surface area contributed by atoms with Gasteiger partial charge >= 0.3 is 0 Å². The monoisotopic (exact) mass is 164 g/mol. The molecule has 0 aliphatic rings. The van der Waals surface area contributed by atoms with Crippen molar-refractivity contribution in [2.24, 2.45) is 5.10 Å². The van der Waals surface area contributed by atoms with Crippen LogP contribution in [-0.2, 0) is 4.79 Å². The number of phenolic OH excluding ortho intramolecular Hbond substituents is 1. The van der Waals surface area contributed by atoms with Crippen LogP contribution in [0.1, 0.15) is 5.56 Å². The molecule has 4 nitrogen and oxygen atoms in total. The Morgan fingerprint density at radius 3 is 2.83 bits per heavy atom. The highest BCUT2D eigenvalue weighted by molar-refractivity contribution is 5.83. The predicted octanol–water partition coefficient (Wildman–Crippen LogP) is 0.472. The maximum atomic E-state index is 9.79. The average Bonchev–Trinajstić information content (AvgIpc) is 2.09. The second-order valence-corrected chi connectivity index (χ2v) is 2.06. The van der Waals surface area contributed by atoms with Gasteiger partial charge in [-0.05, 0) is 12.1 Å². The average molecular weight is 164 g/mol. The Labute approximate surface area is 69.5 Å². The van der Waals surface area contributed by atoms with Crippen LogP contribution < -0.4 is 5.43 Å². The van der Waals surface area contributed by atoms with E-state index in [0.29, 0.717) is 12.0 Å². The molecule has 0 unspecified atom stereocenters. The molecule has 0 aliphatic heterocycles. The first kappa shape index (κ1) is 8.26. The van der Waals surface area contributed by atoms with Crippen LogP contribution in [0.3, 0.4) is 0 Å². The Bertz CT molecular complexity index is 297. The quantitative estimate of drug-likeness (QED) is 0.387. The Kier molecular flexibility index (Phi) is 2.84. The van der Waals surface area contributed by atoms with Gasteiger partial charge in [0.2, 0.25) is 6.41 Å². The van der Waals surface area contributed by atoms with Crippen molar-refractivity contribution in [3.63, 3.8) is 0 Å². The standard InChI is InChI=1S/C8H8N2O2/c11-6-10-9-5-7-3-1-2-4-8(7)12/h1-6,12H,(H,10,11). The molecule has 1 rings (SSSR count). The number of aromatic hydroxyl groups is 1. The van der Waals surface area contributed by atoms with Crippen molar-refractivity contribution in [1.82, 2.24) is 5.43 Å². The molecule has 0 atom stereocenters. The molecule has 0 radical (unpaired) electrons. The molecule has 0 heterocycles. The highest BCUT2D eigenvalue weighted by Gasteiger charge is 1.93. The summed E-state index contributed by atoms with van der Waals surface area (Å²) in [4.78, 5) is 9.79. The first-order chi connectivity index (χ1) is 5.84. The molecule has 4 heteroatoms. The predicted molar refractivity (Wildman–Crippen MR) is 44.9 cm³/mol. The number of hydrogen-bond donors (Lipinski definition) is 2. The van der Waals surface area contributed by atoms with Gasteiger partial charge in [0.25, 0.3) is 0 Å². The normalized spacial score (nSPS) is 10.0. The summed E-state index contributed by atoms with van der Waals surface area (Å²) >= 11 is 0. The zero-order valence-electron chi connectivity index (χ0n) is 6.27. The van der Waals surface area contributed by atoms with Crippen molar-refractivity contribution < 1.29 is 9.90 Å². The SMILES string of the molecule is O=CNN=Cc1ccccc1O.